The van der Waals surface area contributed by atoms with Gasteiger partial charge in [0.25, 0.3) is 0 Å². The molecule has 0 aromatic carbocycles. The highest BCUT2D eigenvalue weighted by atomic mass is 16.2. The highest BCUT2D eigenvalue weighted by Gasteiger charge is 2.18. The molecule has 78 valence electrons. The summed E-state index contributed by atoms with van der Waals surface area (Å²) in [5.74, 6) is 0. The van der Waals surface area contributed by atoms with Crippen molar-refractivity contribution in [2.24, 2.45) is 0 Å². The standard InChI is InChI=1S/C10H22N2O/c1-10(4-3-9-13)12-7-5-11(2)6-8-12/h10,13H,3-9H2,1-2H3/t10-/m0/s1. The van der Waals surface area contributed by atoms with Gasteiger partial charge in [-0.1, -0.05) is 0 Å². The zero-order chi connectivity index (χ0) is 9.68. The van der Waals surface area contributed by atoms with Crippen molar-refractivity contribution in [1.29, 1.82) is 0 Å². The Morgan fingerprint density at radius 1 is 1.23 bits per heavy atom. The maximum atomic E-state index is 8.73. The summed E-state index contributed by atoms with van der Waals surface area (Å²) in [4.78, 5) is 4.89. The van der Waals surface area contributed by atoms with E-state index in [0.29, 0.717) is 12.6 Å². The van der Waals surface area contributed by atoms with Gasteiger partial charge >= 0.3 is 0 Å². The summed E-state index contributed by atoms with van der Waals surface area (Å²) in [5, 5.41) is 8.73. The van der Waals surface area contributed by atoms with Crippen molar-refractivity contribution in [1.82, 2.24) is 9.80 Å². The molecule has 0 saturated carbocycles. The minimum atomic E-state index is 0.331. The van der Waals surface area contributed by atoms with E-state index in [1.165, 1.54) is 26.2 Å². The van der Waals surface area contributed by atoms with Crippen molar-refractivity contribution in [2.75, 3.05) is 39.8 Å². The molecule has 1 aliphatic heterocycles. The molecule has 0 aromatic heterocycles. The Balaban J connectivity index is 2.19. The van der Waals surface area contributed by atoms with E-state index in [1.54, 1.807) is 0 Å². The number of rotatable bonds is 4. The van der Waals surface area contributed by atoms with Crippen LogP contribution in [0.3, 0.4) is 0 Å². The number of likely N-dealkylation sites (N-methyl/N-ethyl adjacent to an activating group) is 1. The van der Waals surface area contributed by atoms with E-state index >= 15 is 0 Å². The number of aliphatic hydroxyl groups excluding tert-OH is 1. The van der Waals surface area contributed by atoms with Crippen molar-refractivity contribution in [2.45, 2.75) is 25.8 Å². The minimum Gasteiger partial charge on any atom is -0.396 e. The second-order valence-electron chi connectivity index (χ2n) is 4.05. The van der Waals surface area contributed by atoms with Crippen LogP contribution in [0.25, 0.3) is 0 Å². The van der Waals surface area contributed by atoms with Crippen LogP contribution in [-0.2, 0) is 0 Å². The molecule has 1 N–H and O–H groups in total. The van der Waals surface area contributed by atoms with Gasteiger partial charge < -0.3 is 10.0 Å². The van der Waals surface area contributed by atoms with Gasteiger partial charge in [0.05, 0.1) is 0 Å². The lowest BCUT2D eigenvalue weighted by atomic mass is 10.1. The maximum absolute atomic E-state index is 8.73. The topological polar surface area (TPSA) is 26.7 Å². The Morgan fingerprint density at radius 3 is 2.38 bits per heavy atom. The molecule has 1 heterocycles. The lowest BCUT2D eigenvalue weighted by Crippen LogP contribution is -2.48. The molecular weight excluding hydrogens is 164 g/mol. The number of hydrogen-bond acceptors (Lipinski definition) is 3. The first-order valence-corrected chi connectivity index (χ1v) is 5.27. The van der Waals surface area contributed by atoms with Gasteiger partial charge in [-0.15, -0.1) is 0 Å². The van der Waals surface area contributed by atoms with Gasteiger partial charge in [0.2, 0.25) is 0 Å². The van der Waals surface area contributed by atoms with Gasteiger partial charge in [0.1, 0.15) is 0 Å². The van der Waals surface area contributed by atoms with E-state index in [2.05, 4.69) is 23.8 Å². The Morgan fingerprint density at radius 2 is 1.85 bits per heavy atom. The van der Waals surface area contributed by atoms with E-state index < -0.39 is 0 Å². The van der Waals surface area contributed by atoms with E-state index in [0.717, 1.165) is 12.8 Å². The monoisotopic (exact) mass is 186 g/mol. The smallest absolute Gasteiger partial charge is 0.0431 e. The molecule has 1 fully saturated rings. The highest BCUT2D eigenvalue weighted by Crippen LogP contribution is 2.09. The van der Waals surface area contributed by atoms with E-state index in [9.17, 15) is 0 Å². The number of hydrogen-bond donors (Lipinski definition) is 1. The second kappa shape index (κ2) is 5.58. The van der Waals surface area contributed by atoms with Crippen LogP contribution >= 0.6 is 0 Å². The van der Waals surface area contributed by atoms with E-state index in [-0.39, 0.29) is 0 Å². The summed E-state index contributed by atoms with van der Waals surface area (Å²) in [6.07, 6.45) is 2.06. The van der Waals surface area contributed by atoms with Crippen LogP contribution < -0.4 is 0 Å². The average molecular weight is 186 g/mol. The molecule has 0 unspecified atom stereocenters. The van der Waals surface area contributed by atoms with Crippen molar-refractivity contribution < 1.29 is 5.11 Å². The van der Waals surface area contributed by atoms with Crippen molar-refractivity contribution in [3.8, 4) is 0 Å². The Labute approximate surface area is 81.3 Å². The van der Waals surface area contributed by atoms with Crippen LogP contribution in [0.4, 0.5) is 0 Å². The maximum Gasteiger partial charge on any atom is 0.0431 e. The fourth-order valence-electron chi connectivity index (χ4n) is 1.83. The van der Waals surface area contributed by atoms with Gasteiger partial charge in [0.15, 0.2) is 0 Å². The molecule has 1 aliphatic rings. The fourth-order valence-corrected chi connectivity index (χ4v) is 1.83. The molecule has 0 bridgehead atoms. The highest BCUT2D eigenvalue weighted by molar-refractivity contribution is 4.74. The summed E-state index contributed by atoms with van der Waals surface area (Å²) in [5.41, 5.74) is 0. The third-order valence-electron chi connectivity index (χ3n) is 2.94. The summed E-state index contributed by atoms with van der Waals surface area (Å²) < 4.78 is 0. The van der Waals surface area contributed by atoms with Gasteiger partial charge in [-0.05, 0) is 26.8 Å². The summed E-state index contributed by atoms with van der Waals surface area (Å²) in [7, 11) is 2.18. The van der Waals surface area contributed by atoms with Crippen LogP contribution in [0, 0.1) is 0 Å². The van der Waals surface area contributed by atoms with Gasteiger partial charge in [-0.3, -0.25) is 4.90 Å². The predicted octanol–water partition coefficient (Wildman–Crippen LogP) is 0.395. The normalized spacial score (nSPS) is 23.3. The lowest BCUT2D eigenvalue weighted by Gasteiger charge is -2.36. The molecule has 1 atom stereocenters. The van der Waals surface area contributed by atoms with Crippen LogP contribution in [0.15, 0.2) is 0 Å². The predicted molar refractivity (Wildman–Crippen MR) is 54.9 cm³/mol. The number of aliphatic hydroxyl groups is 1. The van der Waals surface area contributed by atoms with Crippen molar-refractivity contribution in [3.05, 3.63) is 0 Å². The zero-order valence-corrected chi connectivity index (χ0v) is 8.87. The third-order valence-corrected chi connectivity index (χ3v) is 2.94. The first-order valence-electron chi connectivity index (χ1n) is 5.27. The van der Waals surface area contributed by atoms with Crippen LogP contribution in [0.2, 0.25) is 0 Å². The molecule has 0 aliphatic carbocycles. The first-order chi connectivity index (χ1) is 6.24. The fraction of sp³-hybridized carbons (Fsp3) is 1.00. The lowest BCUT2D eigenvalue weighted by molar-refractivity contribution is 0.110. The first kappa shape index (κ1) is 11.0. The zero-order valence-electron chi connectivity index (χ0n) is 8.87. The molecule has 13 heavy (non-hydrogen) atoms. The Bertz CT molecular complexity index is 133. The molecule has 0 aromatic rings. The molecule has 1 saturated heterocycles. The van der Waals surface area contributed by atoms with Gasteiger partial charge in [0, 0.05) is 38.8 Å². The van der Waals surface area contributed by atoms with Crippen molar-refractivity contribution in [3.63, 3.8) is 0 Å². The molecule has 0 spiro atoms. The van der Waals surface area contributed by atoms with E-state index in [1.807, 2.05) is 0 Å². The largest absolute Gasteiger partial charge is 0.396 e. The molecule has 1 rings (SSSR count). The Kier molecular flexibility index (Phi) is 4.70. The number of piperazine rings is 1. The average Bonchev–Trinajstić information content (AvgIpc) is 2.15. The van der Waals surface area contributed by atoms with Gasteiger partial charge in [-0.2, -0.15) is 0 Å². The number of nitrogens with zero attached hydrogens (tertiary/aromatic N) is 2. The summed E-state index contributed by atoms with van der Waals surface area (Å²) in [6, 6.07) is 0.640. The SMILES string of the molecule is C[C@@H](CCCO)N1CCN(C)CC1. The molecule has 3 heteroatoms. The summed E-state index contributed by atoms with van der Waals surface area (Å²) in [6.45, 7) is 7.33. The van der Waals surface area contributed by atoms with Crippen LogP contribution in [-0.4, -0.2) is 60.8 Å². The van der Waals surface area contributed by atoms with Gasteiger partial charge in [-0.25, -0.2) is 0 Å². The van der Waals surface area contributed by atoms with Crippen LogP contribution in [0.1, 0.15) is 19.8 Å². The second-order valence-corrected chi connectivity index (χ2v) is 4.05. The minimum absolute atomic E-state index is 0.331. The quantitative estimate of drug-likeness (QED) is 0.688. The Hall–Kier alpha value is -0.120. The van der Waals surface area contributed by atoms with Crippen LogP contribution in [0.5, 0.6) is 0 Å². The van der Waals surface area contributed by atoms with E-state index in [4.69, 9.17) is 5.11 Å². The molecule has 0 radical (unpaired) electrons. The van der Waals surface area contributed by atoms with Crippen molar-refractivity contribution >= 4 is 0 Å². The molecular formula is C10H22N2O. The summed E-state index contributed by atoms with van der Waals surface area (Å²) >= 11 is 0. The molecule has 3 nitrogen and oxygen atoms in total. The third kappa shape index (κ3) is 3.63. The molecule has 0 amide bonds.